The maximum Gasteiger partial charge on any atom is 0.223 e. The van der Waals surface area contributed by atoms with Crippen LogP contribution in [-0.4, -0.2) is 36.5 Å². The molecule has 0 aromatic heterocycles. The first kappa shape index (κ1) is 16.5. The molecule has 1 heterocycles. The second-order valence-corrected chi connectivity index (χ2v) is 7.44. The van der Waals surface area contributed by atoms with Crippen LogP contribution in [0.15, 0.2) is 0 Å². The zero-order chi connectivity index (χ0) is 14.5. The predicted octanol–water partition coefficient (Wildman–Crippen LogP) is 3.19. The Morgan fingerprint density at radius 3 is 2.58 bits per heavy atom. The summed E-state index contributed by atoms with van der Waals surface area (Å²) in [6.07, 6.45) is 6.35. The van der Waals surface area contributed by atoms with Crippen LogP contribution in [0.4, 0.5) is 0 Å². The first-order chi connectivity index (χ1) is 8.78. The van der Waals surface area contributed by atoms with Crippen LogP contribution in [0.25, 0.3) is 0 Å². The second-order valence-electron chi connectivity index (χ2n) is 7.44. The normalized spacial score (nSPS) is 24.6. The average molecular weight is 268 g/mol. The number of nitrogens with zero attached hydrogens (tertiary/aromatic N) is 1. The molecule has 19 heavy (non-hydrogen) atoms. The molecule has 1 aliphatic rings. The number of likely N-dealkylation sites (N-methyl/N-ethyl adjacent to an activating group) is 1. The molecule has 0 aromatic carbocycles. The quantitative estimate of drug-likeness (QED) is 0.830. The van der Waals surface area contributed by atoms with E-state index in [0.29, 0.717) is 17.7 Å². The summed E-state index contributed by atoms with van der Waals surface area (Å²) in [4.78, 5) is 14.6. The number of nitrogens with one attached hydrogen (secondary N) is 1. The van der Waals surface area contributed by atoms with E-state index in [2.05, 4.69) is 37.9 Å². The molecular weight excluding hydrogens is 236 g/mol. The van der Waals surface area contributed by atoms with Gasteiger partial charge < -0.3 is 10.2 Å². The van der Waals surface area contributed by atoms with Crippen LogP contribution in [0.2, 0.25) is 0 Å². The monoisotopic (exact) mass is 268 g/mol. The molecule has 112 valence electrons. The summed E-state index contributed by atoms with van der Waals surface area (Å²) >= 11 is 0. The first-order valence-electron chi connectivity index (χ1n) is 7.74. The number of hydrogen-bond acceptors (Lipinski definition) is 2. The molecule has 1 amide bonds. The number of rotatable bonds is 5. The van der Waals surface area contributed by atoms with Gasteiger partial charge in [0.2, 0.25) is 5.91 Å². The fraction of sp³-hybridized carbons (Fsp3) is 0.938. The smallest absolute Gasteiger partial charge is 0.223 e. The van der Waals surface area contributed by atoms with Gasteiger partial charge in [-0.15, -0.1) is 0 Å². The van der Waals surface area contributed by atoms with Crippen LogP contribution < -0.4 is 5.32 Å². The summed E-state index contributed by atoms with van der Waals surface area (Å²) in [6.45, 7) is 10.8. The standard InChI is InChI=1S/C16H32N2O/c1-15(2,3)10-8-9-14(19)18-12-7-6-11-16(18,4)13-17-5/h17H,6-13H2,1-5H3. The fourth-order valence-electron chi connectivity index (χ4n) is 3.08. The van der Waals surface area contributed by atoms with Gasteiger partial charge >= 0.3 is 0 Å². The lowest BCUT2D eigenvalue weighted by Crippen LogP contribution is -2.57. The topological polar surface area (TPSA) is 32.3 Å². The second kappa shape index (κ2) is 6.74. The maximum atomic E-state index is 12.5. The molecule has 0 saturated carbocycles. The summed E-state index contributed by atoms with van der Waals surface area (Å²) in [6, 6.07) is 0. The molecule has 1 unspecified atom stereocenters. The van der Waals surface area contributed by atoms with Crippen molar-refractivity contribution in [3.63, 3.8) is 0 Å². The van der Waals surface area contributed by atoms with E-state index in [-0.39, 0.29) is 5.54 Å². The van der Waals surface area contributed by atoms with Crippen molar-refractivity contribution in [1.29, 1.82) is 0 Å². The van der Waals surface area contributed by atoms with Crippen molar-refractivity contribution in [2.75, 3.05) is 20.1 Å². The van der Waals surface area contributed by atoms with Crippen LogP contribution in [0.1, 0.15) is 66.2 Å². The molecule has 0 aliphatic carbocycles. The molecule has 1 fully saturated rings. The number of amides is 1. The first-order valence-corrected chi connectivity index (χ1v) is 7.74. The molecule has 0 radical (unpaired) electrons. The lowest BCUT2D eigenvalue weighted by atomic mass is 9.87. The predicted molar refractivity (Wildman–Crippen MR) is 81.2 cm³/mol. The third-order valence-corrected chi connectivity index (χ3v) is 4.17. The minimum Gasteiger partial charge on any atom is -0.336 e. The highest BCUT2D eigenvalue weighted by atomic mass is 16.2. The van der Waals surface area contributed by atoms with E-state index in [1.807, 2.05) is 7.05 Å². The molecule has 1 aliphatic heterocycles. The van der Waals surface area contributed by atoms with Crippen LogP contribution in [-0.2, 0) is 4.79 Å². The van der Waals surface area contributed by atoms with Gasteiger partial charge in [0, 0.05) is 19.5 Å². The highest BCUT2D eigenvalue weighted by Crippen LogP contribution is 2.29. The summed E-state index contributed by atoms with van der Waals surface area (Å²) in [7, 11) is 1.97. The van der Waals surface area contributed by atoms with Crippen molar-refractivity contribution in [1.82, 2.24) is 10.2 Å². The van der Waals surface area contributed by atoms with Crippen molar-refractivity contribution < 1.29 is 4.79 Å². The molecule has 0 bridgehead atoms. The van der Waals surface area contributed by atoms with E-state index < -0.39 is 0 Å². The van der Waals surface area contributed by atoms with E-state index in [9.17, 15) is 4.79 Å². The minimum absolute atomic E-state index is 0.0197. The van der Waals surface area contributed by atoms with E-state index in [1.165, 1.54) is 6.42 Å². The van der Waals surface area contributed by atoms with Crippen molar-refractivity contribution in [3.05, 3.63) is 0 Å². The Labute approximate surface area is 119 Å². The van der Waals surface area contributed by atoms with Crippen LogP contribution >= 0.6 is 0 Å². The molecule has 1 saturated heterocycles. The van der Waals surface area contributed by atoms with Crippen molar-refractivity contribution >= 4 is 5.91 Å². The largest absolute Gasteiger partial charge is 0.336 e. The lowest BCUT2D eigenvalue weighted by Gasteiger charge is -2.45. The maximum absolute atomic E-state index is 12.5. The summed E-state index contributed by atoms with van der Waals surface area (Å²) < 4.78 is 0. The molecule has 0 spiro atoms. The van der Waals surface area contributed by atoms with Crippen LogP contribution in [0, 0.1) is 5.41 Å². The van der Waals surface area contributed by atoms with E-state index in [4.69, 9.17) is 0 Å². The van der Waals surface area contributed by atoms with Crippen LogP contribution in [0.5, 0.6) is 0 Å². The minimum atomic E-state index is 0.0197. The van der Waals surface area contributed by atoms with Crippen molar-refractivity contribution in [3.8, 4) is 0 Å². The summed E-state index contributed by atoms with van der Waals surface area (Å²) in [5, 5.41) is 3.25. The van der Waals surface area contributed by atoms with Gasteiger partial charge in [-0.05, 0) is 51.5 Å². The SMILES string of the molecule is CNCC1(C)CCCCN1C(=O)CCCC(C)(C)C. The average Bonchev–Trinajstić information content (AvgIpc) is 2.27. The van der Waals surface area contributed by atoms with Gasteiger partial charge in [0.05, 0.1) is 5.54 Å². The Morgan fingerprint density at radius 2 is 2.00 bits per heavy atom. The number of carbonyl (C=O) groups excluding carboxylic acids is 1. The van der Waals surface area contributed by atoms with Gasteiger partial charge in [0.15, 0.2) is 0 Å². The number of likely N-dealkylation sites (tertiary alicyclic amines) is 1. The molecule has 1 atom stereocenters. The lowest BCUT2D eigenvalue weighted by molar-refractivity contribution is -0.139. The van der Waals surface area contributed by atoms with Gasteiger partial charge in [-0.3, -0.25) is 4.79 Å². The Kier molecular flexibility index (Phi) is 5.84. The van der Waals surface area contributed by atoms with Gasteiger partial charge in [-0.1, -0.05) is 20.8 Å². The highest BCUT2D eigenvalue weighted by Gasteiger charge is 2.36. The fourth-order valence-corrected chi connectivity index (χ4v) is 3.08. The molecular formula is C16H32N2O. The summed E-state index contributed by atoms with van der Waals surface area (Å²) in [5.74, 6) is 0.349. The zero-order valence-corrected chi connectivity index (χ0v) is 13.5. The van der Waals surface area contributed by atoms with Gasteiger partial charge in [0.25, 0.3) is 0 Å². The van der Waals surface area contributed by atoms with Gasteiger partial charge in [0.1, 0.15) is 0 Å². The number of piperidine rings is 1. The highest BCUT2D eigenvalue weighted by molar-refractivity contribution is 5.77. The van der Waals surface area contributed by atoms with Gasteiger partial charge in [-0.2, -0.15) is 0 Å². The molecule has 3 heteroatoms. The zero-order valence-electron chi connectivity index (χ0n) is 13.5. The van der Waals surface area contributed by atoms with E-state index in [0.717, 1.165) is 38.8 Å². The Hall–Kier alpha value is -0.570. The summed E-state index contributed by atoms with van der Waals surface area (Å²) in [5.41, 5.74) is 0.349. The molecule has 1 rings (SSSR count). The Balaban J connectivity index is 2.53. The molecule has 3 nitrogen and oxygen atoms in total. The third kappa shape index (κ3) is 5.13. The molecule has 0 aromatic rings. The number of hydrogen-bond donors (Lipinski definition) is 1. The van der Waals surface area contributed by atoms with E-state index >= 15 is 0 Å². The van der Waals surface area contributed by atoms with E-state index in [1.54, 1.807) is 0 Å². The van der Waals surface area contributed by atoms with Crippen molar-refractivity contribution in [2.24, 2.45) is 5.41 Å². The Bertz CT molecular complexity index is 292. The molecule has 1 N–H and O–H groups in total. The Morgan fingerprint density at radius 1 is 1.32 bits per heavy atom. The third-order valence-electron chi connectivity index (χ3n) is 4.17. The van der Waals surface area contributed by atoms with Crippen LogP contribution in [0.3, 0.4) is 0 Å². The van der Waals surface area contributed by atoms with Crippen molar-refractivity contribution in [2.45, 2.75) is 71.8 Å². The number of carbonyl (C=O) groups is 1. The van der Waals surface area contributed by atoms with Gasteiger partial charge in [-0.25, -0.2) is 0 Å².